The number of carbonyl (C=O) groups is 1. The van der Waals surface area contributed by atoms with Gasteiger partial charge >= 0.3 is 0 Å². The summed E-state index contributed by atoms with van der Waals surface area (Å²) in [6.07, 6.45) is 3.46. The summed E-state index contributed by atoms with van der Waals surface area (Å²) in [5.74, 6) is 0.220. The van der Waals surface area contributed by atoms with E-state index in [0.29, 0.717) is 17.4 Å². The van der Waals surface area contributed by atoms with Gasteiger partial charge in [0.15, 0.2) is 0 Å². The monoisotopic (exact) mass is 353 g/mol. The first kappa shape index (κ1) is 17.3. The number of nitrogens with zero attached hydrogens (tertiary/aromatic N) is 2. The normalized spacial score (nSPS) is 10.3. The third kappa shape index (κ3) is 3.59. The van der Waals surface area contributed by atoms with E-state index in [-0.39, 0.29) is 24.3 Å². The van der Waals surface area contributed by atoms with E-state index in [4.69, 9.17) is 9.15 Å². The van der Waals surface area contributed by atoms with E-state index in [1.807, 2.05) is 6.07 Å². The number of aryl methyl sites for hydroxylation is 1. The molecule has 1 amide bonds. The van der Waals surface area contributed by atoms with Crippen LogP contribution in [0.25, 0.3) is 5.88 Å². The standard InChI is InChI=1S/C19H16FN3O3/c1-13-17(16(12-21)19(26-13)23-8-2-3-9-23)18(24)22-7-10-25-15-6-4-5-14(20)11-15/h2-6,8-9,11H,7,10H2,1H3,(H,22,24). The molecule has 0 atom stereocenters. The molecule has 0 bridgehead atoms. The van der Waals surface area contributed by atoms with Gasteiger partial charge in [0.2, 0.25) is 5.88 Å². The maximum Gasteiger partial charge on any atom is 0.256 e. The Bertz CT molecular complexity index is 955. The summed E-state index contributed by atoms with van der Waals surface area (Å²) in [6.45, 7) is 1.99. The quantitative estimate of drug-likeness (QED) is 0.690. The molecule has 0 fully saturated rings. The zero-order valence-electron chi connectivity index (χ0n) is 14.0. The summed E-state index contributed by atoms with van der Waals surface area (Å²) in [4.78, 5) is 12.4. The molecule has 2 heterocycles. The van der Waals surface area contributed by atoms with Gasteiger partial charge in [0.25, 0.3) is 5.91 Å². The molecule has 3 aromatic rings. The van der Waals surface area contributed by atoms with E-state index in [1.165, 1.54) is 12.1 Å². The SMILES string of the molecule is Cc1oc(-n2cccc2)c(C#N)c1C(=O)NCCOc1cccc(F)c1. The first-order valence-electron chi connectivity index (χ1n) is 7.93. The third-order valence-electron chi connectivity index (χ3n) is 3.70. The molecule has 0 aliphatic heterocycles. The fourth-order valence-corrected chi connectivity index (χ4v) is 2.54. The number of amides is 1. The topological polar surface area (TPSA) is 80.2 Å². The fraction of sp³-hybridized carbons (Fsp3) is 0.158. The molecular formula is C19H16FN3O3. The van der Waals surface area contributed by atoms with E-state index in [1.54, 1.807) is 48.1 Å². The molecule has 0 aliphatic rings. The van der Waals surface area contributed by atoms with Crippen LogP contribution in [-0.2, 0) is 0 Å². The Labute approximate surface area is 149 Å². The van der Waals surface area contributed by atoms with E-state index in [9.17, 15) is 14.4 Å². The van der Waals surface area contributed by atoms with Gasteiger partial charge in [0, 0.05) is 18.5 Å². The van der Waals surface area contributed by atoms with Crippen molar-refractivity contribution >= 4 is 5.91 Å². The average Bonchev–Trinajstić information content (AvgIpc) is 3.25. The van der Waals surface area contributed by atoms with Crippen LogP contribution in [-0.4, -0.2) is 23.6 Å². The second kappa shape index (κ2) is 7.57. The van der Waals surface area contributed by atoms with Crippen molar-refractivity contribution in [2.24, 2.45) is 0 Å². The zero-order chi connectivity index (χ0) is 18.5. The van der Waals surface area contributed by atoms with Crippen LogP contribution >= 0.6 is 0 Å². The molecule has 0 radical (unpaired) electrons. The van der Waals surface area contributed by atoms with Crippen LogP contribution in [0.15, 0.2) is 53.2 Å². The minimum Gasteiger partial charge on any atom is -0.492 e. The molecule has 7 heteroatoms. The number of ether oxygens (including phenoxy) is 1. The first-order chi connectivity index (χ1) is 12.6. The van der Waals surface area contributed by atoms with Gasteiger partial charge in [-0.2, -0.15) is 5.26 Å². The highest BCUT2D eigenvalue weighted by Crippen LogP contribution is 2.25. The largest absolute Gasteiger partial charge is 0.492 e. The maximum atomic E-state index is 13.1. The van der Waals surface area contributed by atoms with Crippen molar-refractivity contribution in [1.29, 1.82) is 5.26 Å². The summed E-state index contributed by atoms with van der Waals surface area (Å²) in [5, 5.41) is 12.1. The second-order valence-electron chi connectivity index (χ2n) is 5.48. The predicted octanol–water partition coefficient (Wildman–Crippen LogP) is 3.20. The molecule has 26 heavy (non-hydrogen) atoms. The van der Waals surface area contributed by atoms with Crippen LogP contribution in [0.4, 0.5) is 4.39 Å². The number of hydrogen-bond acceptors (Lipinski definition) is 4. The lowest BCUT2D eigenvalue weighted by Crippen LogP contribution is -2.28. The van der Waals surface area contributed by atoms with Crippen molar-refractivity contribution < 1.29 is 18.3 Å². The first-order valence-corrected chi connectivity index (χ1v) is 7.93. The zero-order valence-corrected chi connectivity index (χ0v) is 14.0. The number of aromatic nitrogens is 1. The molecule has 1 aromatic carbocycles. The number of furan rings is 1. The number of nitriles is 1. The Hall–Kier alpha value is -3.53. The van der Waals surface area contributed by atoms with Crippen molar-refractivity contribution in [2.75, 3.05) is 13.2 Å². The van der Waals surface area contributed by atoms with Gasteiger partial charge in [0.1, 0.15) is 41.1 Å². The van der Waals surface area contributed by atoms with Gasteiger partial charge in [-0.05, 0) is 31.2 Å². The van der Waals surface area contributed by atoms with Gasteiger partial charge in [0.05, 0.1) is 6.54 Å². The minimum absolute atomic E-state index is 0.165. The molecule has 0 aliphatic carbocycles. The predicted molar refractivity (Wildman–Crippen MR) is 91.7 cm³/mol. The fourth-order valence-electron chi connectivity index (χ4n) is 2.54. The van der Waals surface area contributed by atoms with Gasteiger partial charge in [-0.3, -0.25) is 9.36 Å². The van der Waals surface area contributed by atoms with E-state index < -0.39 is 11.7 Å². The highest BCUT2D eigenvalue weighted by Gasteiger charge is 2.24. The summed E-state index contributed by atoms with van der Waals surface area (Å²) in [6, 6.07) is 11.4. The highest BCUT2D eigenvalue weighted by molar-refractivity contribution is 5.98. The molecule has 6 nitrogen and oxygen atoms in total. The van der Waals surface area contributed by atoms with Crippen LogP contribution in [0.5, 0.6) is 5.75 Å². The minimum atomic E-state index is -0.427. The number of nitrogens with one attached hydrogen (secondary N) is 1. The molecule has 132 valence electrons. The molecule has 0 saturated carbocycles. The summed E-state index contributed by atoms with van der Waals surface area (Å²) >= 11 is 0. The molecular weight excluding hydrogens is 337 g/mol. The summed E-state index contributed by atoms with van der Waals surface area (Å²) in [5.41, 5.74) is 0.365. The third-order valence-corrected chi connectivity index (χ3v) is 3.70. The van der Waals surface area contributed by atoms with Gasteiger partial charge in [-0.15, -0.1) is 0 Å². The lowest BCUT2D eigenvalue weighted by atomic mass is 10.1. The Morgan fingerprint density at radius 2 is 2.12 bits per heavy atom. The van der Waals surface area contributed by atoms with Crippen LogP contribution in [0.3, 0.4) is 0 Å². The molecule has 1 N–H and O–H groups in total. The number of carbonyl (C=O) groups excluding carboxylic acids is 1. The van der Waals surface area contributed by atoms with Gasteiger partial charge in [-0.25, -0.2) is 4.39 Å². The molecule has 0 spiro atoms. The molecule has 0 unspecified atom stereocenters. The second-order valence-corrected chi connectivity index (χ2v) is 5.48. The Morgan fingerprint density at radius 3 is 2.81 bits per heavy atom. The van der Waals surface area contributed by atoms with E-state index in [2.05, 4.69) is 5.32 Å². The van der Waals surface area contributed by atoms with Gasteiger partial charge < -0.3 is 14.5 Å². The van der Waals surface area contributed by atoms with Crippen molar-refractivity contribution in [1.82, 2.24) is 9.88 Å². The number of hydrogen-bond donors (Lipinski definition) is 1. The van der Waals surface area contributed by atoms with Crippen LogP contribution in [0.2, 0.25) is 0 Å². The van der Waals surface area contributed by atoms with E-state index >= 15 is 0 Å². The highest BCUT2D eigenvalue weighted by atomic mass is 19.1. The molecule has 0 saturated heterocycles. The molecule has 3 rings (SSSR count). The molecule has 2 aromatic heterocycles. The van der Waals surface area contributed by atoms with Crippen molar-refractivity contribution in [3.05, 3.63) is 71.5 Å². The summed E-state index contributed by atoms with van der Waals surface area (Å²) in [7, 11) is 0. The lowest BCUT2D eigenvalue weighted by Gasteiger charge is -2.07. The van der Waals surface area contributed by atoms with Crippen LogP contribution in [0.1, 0.15) is 21.7 Å². The van der Waals surface area contributed by atoms with Crippen LogP contribution < -0.4 is 10.1 Å². The van der Waals surface area contributed by atoms with E-state index in [0.717, 1.165) is 0 Å². The maximum absolute atomic E-state index is 13.1. The average molecular weight is 353 g/mol. The van der Waals surface area contributed by atoms with Crippen molar-refractivity contribution in [3.8, 4) is 17.7 Å². The Balaban J connectivity index is 1.66. The van der Waals surface area contributed by atoms with Crippen molar-refractivity contribution in [2.45, 2.75) is 6.92 Å². The lowest BCUT2D eigenvalue weighted by molar-refractivity contribution is 0.0945. The number of halogens is 1. The number of benzene rings is 1. The summed E-state index contributed by atoms with van der Waals surface area (Å²) < 4.78 is 25.7. The number of rotatable bonds is 6. The van der Waals surface area contributed by atoms with Gasteiger partial charge in [-0.1, -0.05) is 6.07 Å². The van der Waals surface area contributed by atoms with Crippen molar-refractivity contribution in [3.63, 3.8) is 0 Å². The Morgan fingerprint density at radius 1 is 1.35 bits per heavy atom. The van der Waals surface area contributed by atoms with Crippen LogP contribution in [0, 0.1) is 24.1 Å². The Kier molecular flexibility index (Phi) is 5.04. The smallest absolute Gasteiger partial charge is 0.256 e.